The second-order valence-electron chi connectivity index (χ2n) is 6.54. The van der Waals surface area contributed by atoms with Crippen molar-refractivity contribution in [2.45, 2.75) is 0 Å². The first-order chi connectivity index (χ1) is 16.0. The number of hydrogen-bond donors (Lipinski definition) is 1. The van der Waals surface area contributed by atoms with Crippen LogP contribution in [0.2, 0.25) is 0 Å². The van der Waals surface area contributed by atoms with Crippen molar-refractivity contribution < 1.29 is 28.5 Å². The van der Waals surface area contributed by atoms with Gasteiger partial charge in [0.1, 0.15) is 0 Å². The Morgan fingerprint density at radius 3 is 2.39 bits per heavy atom. The number of carbonyl (C=O) groups excluding carboxylic acids is 2. The van der Waals surface area contributed by atoms with E-state index in [2.05, 4.69) is 26.5 Å². The lowest BCUT2D eigenvalue weighted by atomic mass is 10.2. The average molecular weight is 513 g/mol. The van der Waals surface area contributed by atoms with Crippen molar-refractivity contribution in [3.63, 3.8) is 0 Å². The van der Waals surface area contributed by atoms with E-state index in [9.17, 15) is 9.59 Å². The Morgan fingerprint density at radius 2 is 1.67 bits per heavy atom. The second-order valence-corrected chi connectivity index (χ2v) is 7.46. The van der Waals surface area contributed by atoms with E-state index in [0.717, 1.165) is 4.47 Å². The number of methoxy groups -OCH3 is 2. The van der Waals surface area contributed by atoms with Gasteiger partial charge in [-0.05, 0) is 54.1 Å². The molecule has 0 saturated carbocycles. The molecule has 9 heteroatoms. The zero-order valence-electron chi connectivity index (χ0n) is 17.9. The van der Waals surface area contributed by atoms with Gasteiger partial charge in [-0.3, -0.25) is 4.79 Å². The number of hydrogen-bond acceptors (Lipinski definition) is 7. The molecule has 0 aliphatic heterocycles. The fourth-order valence-electron chi connectivity index (χ4n) is 2.72. The minimum Gasteiger partial charge on any atom is -0.493 e. The lowest BCUT2D eigenvalue weighted by Crippen LogP contribution is -2.24. The lowest BCUT2D eigenvalue weighted by Gasteiger charge is -2.10. The summed E-state index contributed by atoms with van der Waals surface area (Å²) in [7, 11) is 2.98. The van der Waals surface area contributed by atoms with Gasteiger partial charge in [-0.2, -0.15) is 5.10 Å². The van der Waals surface area contributed by atoms with Crippen LogP contribution in [0.5, 0.6) is 23.0 Å². The SMILES string of the molecule is COc1ccccc1OCC(=O)N/N=C\c1ccc(OC(=O)c2cccc(Br)c2)c(OC)c1. The van der Waals surface area contributed by atoms with Crippen molar-refractivity contribution >= 4 is 34.0 Å². The molecule has 3 aromatic rings. The maximum atomic E-state index is 12.4. The monoisotopic (exact) mass is 512 g/mol. The summed E-state index contributed by atoms with van der Waals surface area (Å²) < 4.78 is 22.1. The van der Waals surface area contributed by atoms with Crippen molar-refractivity contribution in [3.05, 3.63) is 82.3 Å². The number of nitrogens with one attached hydrogen (secondary N) is 1. The molecule has 0 aromatic heterocycles. The van der Waals surface area contributed by atoms with Gasteiger partial charge in [-0.15, -0.1) is 0 Å². The molecule has 3 rings (SSSR count). The molecule has 0 saturated heterocycles. The number of halogens is 1. The van der Waals surface area contributed by atoms with Gasteiger partial charge in [0.15, 0.2) is 29.6 Å². The standard InChI is InChI=1S/C24H21BrN2O6/c1-30-19-8-3-4-9-20(19)32-15-23(28)27-26-14-16-10-11-21(22(12-16)31-2)33-24(29)17-6-5-7-18(25)13-17/h3-14H,15H2,1-2H3,(H,27,28)/b26-14-. The van der Waals surface area contributed by atoms with Crippen LogP contribution < -0.4 is 24.4 Å². The number of rotatable bonds is 9. The molecule has 0 heterocycles. The lowest BCUT2D eigenvalue weighted by molar-refractivity contribution is -0.123. The Labute approximate surface area is 199 Å². The first-order valence-corrected chi connectivity index (χ1v) is 10.5. The zero-order valence-corrected chi connectivity index (χ0v) is 19.5. The van der Waals surface area contributed by atoms with Crippen LogP contribution in [0.1, 0.15) is 15.9 Å². The highest BCUT2D eigenvalue weighted by Gasteiger charge is 2.13. The molecular formula is C24H21BrN2O6. The predicted octanol–water partition coefficient (Wildman–Crippen LogP) is 4.21. The fraction of sp³-hybridized carbons (Fsp3) is 0.125. The number of ether oxygens (including phenoxy) is 4. The third-order valence-electron chi connectivity index (χ3n) is 4.28. The molecule has 1 amide bonds. The van der Waals surface area contributed by atoms with Gasteiger partial charge in [-0.1, -0.05) is 34.1 Å². The number of benzene rings is 3. The van der Waals surface area contributed by atoms with E-state index < -0.39 is 11.9 Å². The van der Waals surface area contributed by atoms with Gasteiger partial charge in [-0.25, -0.2) is 10.2 Å². The quantitative estimate of drug-likeness (QED) is 0.199. The molecule has 0 unspecified atom stereocenters. The predicted molar refractivity (Wildman–Crippen MR) is 126 cm³/mol. The highest BCUT2D eigenvalue weighted by Crippen LogP contribution is 2.29. The van der Waals surface area contributed by atoms with E-state index >= 15 is 0 Å². The molecular weight excluding hydrogens is 492 g/mol. The van der Waals surface area contributed by atoms with E-state index in [-0.39, 0.29) is 12.4 Å². The van der Waals surface area contributed by atoms with Crippen LogP contribution in [-0.4, -0.2) is 38.9 Å². The summed E-state index contributed by atoms with van der Waals surface area (Å²) in [4.78, 5) is 24.4. The van der Waals surface area contributed by atoms with Crippen LogP contribution in [0.4, 0.5) is 0 Å². The minimum absolute atomic E-state index is 0.231. The van der Waals surface area contributed by atoms with Crippen molar-refractivity contribution in [2.24, 2.45) is 5.10 Å². The van der Waals surface area contributed by atoms with Crippen molar-refractivity contribution in [1.82, 2.24) is 5.43 Å². The van der Waals surface area contributed by atoms with Crippen LogP contribution in [0.3, 0.4) is 0 Å². The summed E-state index contributed by atoms with van der Waals surface area (Å²) in [6.45, 7) is -0.231. The normalized spacial score (nSPS) is 10.5. The van der Waals surface area contributed by atoms with Gasteiger partial charge in [0, 0.05) is 4.47 Å². The van der Waals surface area contributed by atoms with Crippen LogP contribution in [0, 0.1) is 0 Å². The third kappa shape index (κ3) is 6.81. The number of carbonyl (C=O) groups is 2. The van der Waals surface area contributed by atoms with Crippen molar-refractivity contribution in [1.29, 1.82) is 0 Å². The molecule has 0 aliphatic rings. The van der Waals surface area contributed by atoms with Gasteiger partial charge in [0.05, 0.1) is 26.0 Å². The molecule has 0 aliphatic carbocycles. The van der Waals surface area contributed by atoms with Gasteiger partial charge < -0.3 is 18.9 Å². The number of hydrazone groups is 1. The van der Waals surface area contributed by atoms with E-state index in [1.165, 1.54) is 20.4 Å². The molecule has 33 heavy (non-hydrogen) atoms. The Kier molecular flexibility index (Phi) is 8.43. The minimum atomic E-state index is -0.515. The molecule has 0 fully saturated rings. The van der Waals surface area contributed by atoms with Crippen LogP contribution in [0.25, 0.3) is 0 Å². The summed E-state index contributed by atoms with van der Waals surface area (Å²) in [6.07, 6.45) is 1.43. The first-order valence-electron chi connectivity index (χ1n) is 9.73. The fourth-order valence-corrected chi connectivity index (χ4v) is 3.11. The maximum absolute atomic E-state index is 12.4. The Balaban J connectivity index is 1.57. The zero-order chi connectivity index (χ0) is 23.6. The maximum Gasteiger partial charge on any atom is 0.343 e. The molecule has 3 aromatic carbocycles. The Morgan fingerprint density at radius 1 is 0.909 bits per heavy atom. The summed E-state index contributed by atoms with van der Waals surface area (Å²) >= 11 is 3.33. The molecule has 1 N–H and O–H groups in total. The summed E-state index contributed by atoms with van der Waals surface area (Å²) in [5, 5.41) is 3.92. The van der Waals surface area contributed by atoms with Crippen LogP contribution in [-0.2, 0) is 4.79 Å². The van der Waals surface area contributed by atoms with Crippen LogP contribution in [0.15, 0.2) is 76.3 Å². The average Bonchev–Trinajstić information content (AvgIpc) is 2.83. The number of esters is 1. The van der Waals surface area contributed by atoms with Crippen LogP contribution >= 0.6 is 15.9 Å². The number of amides is 1. The summed E-state index contributed by atoms with van der Waals surface area (Å²) in [6, 6.07) is 18.8. The Hall–Kier alpha value is -3.85. The van der Waals surface area contributed by atoms with E-state index in [1.54, 1.807) is 60.7 Å². The van der Waals surface area contributed by atoms with Crippen molar-refractivity contribution in [3.8, 4) is 23.0 Å². The molecule has 8 nitrogen and oxygen atoms in total. The third-order valence-corrected chi connectivity index (χ3v) is 4.77. The molecule has 170 valence electrons. The molecule has 0 radical (unpaired) electrons. The summed E-state index contributed by atoms with van der Waals surface area (Å²) in [5.74, 6) is 0.627. The largest absolute Gasteiger partial charge is 0.493 e. The molecule has 0 atom stereocenters. The second kappa shape index (κ2) is 11.7. The molecule has 0 spiro atoms. The highest BCUT2D eigenvalue weighted by atomic mass is 79.9. The first kappa shape index (κ1) is 23.8. The number of nitrogens with zero attached hydrogens (tertiary/aromatic N) is 1. The van der Waals surface area contributed by atoms with Gasteiger partial charge in [0.2, 0.25) is 0 Å². The topological polar surface area (TPSA) is 95.5 Å². The highest BCUT2D eigenvalue weighted by molar-refractivity contribution is 9.10. The summed E-state index contributed by atoms with van der Waals surface area (Å²) in [5.41, 5.74) is 3.41. The smallest absolute Gasteiger partial charge is 0.343 e. The van der Waals surface area contributed by atoms with Crippen molar-refractivity contribution in [2.75, 3.05) is 20.8 Å². The van der Waals surface area contributed by atoms with Gasteiger partial charge in [0.25, 0.3) is 5.91 Å². The number of para-hydroxylation sites is 2. The van der Waals surface area contributed by atoms with Gasteiger partial charge >= 0.3 is 5.97 Å². The van der Waals surface area contributed by atoms with E-state index in [0.29, 0.717) is 28.4 Å². The molecule has 0 bridgehead atoms. The Bertz CT molecular complexity index is 1170. The van der Waals surface area contributed by atoms with E-state index in [4.69, 9.17) is 18.9 Å². The van der Waals surface area contributed by atoms with E-state index in [1.807, 2.05) is 6.07 Å².